The van der Waals surface area contributed by atoms with Gasteiger partial charge in [-0.1, -0.05) is 288 Å². The van der Waals surface area contributed by atoms with Crippen molar-refractivity contribution in [3.05, 3.63) is 36.5 Å². The number of aliphatic hydroxyl groups is 2. The monoisotopic (exact) mass is 998 g/mol. The van der Waals surface area contributed by atoms with Crippen molar-refractivity contribution in [3.63, 3.8) is 0 Å². The van der Waals surface area contributed by atoms with Crippen LogP contribution in [0, 0.1) is 0 Å². The van der Waals surface area contributed by atoms with Crippen molar-refractivity contribution < 1.29 is 24.5 Å². The minimum Gasteiger partial charge on any atom is -0.466 e. The Balaban J connectivity index is 3.36. The van der Waals surface area contributed by atoms with Crippen LogP contribution >= 0.6 is 0 Å². The largest absolute Gasteiger partial charge is 0.466 e. The third kappa shape index (κ3) is 57.2. The topological polar surface area (TPSA) is 95.9 Å². The number of esters is 1. The maximum atomic E-state index is 12.4. The highest BCUT2D eigenvalue weighted by atomic mass is 16.5. The SMILES string of the molecule is CCCC/C=C\CCCCCCCC(=O)OCCCCCCCCCCC/C=C\C/C=C\CCCCCCCCCCCCCCCCCCCC(=O)NC(CO)C(O)CCCCCCCCCCCC. The Hall–Kier alpha value is -1.92. The minimum absolute atomic E-state index is 0.00287. The summed E-state index contributed by atoms with van der Waals surface area (Å²) in [4.78, 5) is 24.4. The van der Waals surface area contributed by atoms with E-state index in [1.54, 1.807) is 0 Å². The average molecular weight is 999 g/mol. The lowest BCUT2D eigenvalue weighted by Crippen LogP contribution is -2.45. The first-order chi connectivity index (χ1) is 35.0. The fraction of sp³-hybridized carbons (Fsp3) is 0.877. The van der Waals surface area contributed by atoms with Gasteiger partial charge in [0.25, 0.3) is 0 Å². The van der Waals surface area contributed by atoms with E-state index in [0.717, 1.165) is 51.4 Å². The van der Waals surface area contributed by atoms with Crippen LogP contribution < -0.4 is 5.32 Å². The first-order valence-corrected chi connectivity index (χ1v) is 31.7. The number of hydrogen-bond donors (Lipinski definition) is 3. The standard InChI is InChI=1S/C65H123NO5/c1-3-5-7-9-11-13-38-43-47-51-55-59-65(70)71-60-56-52-48-44-40-37-35-33-31-29-27-25-23-21-19-17-15-16-18-20-22-24-26-28-30-32-34-36-39-42-46-50-54-58-64(69)66-62(61-67)63(68)57-53-49-45-41-14-12-10-8-6-4-2/h9,11,19,21,25,27,62-63,67-68H,3-8,10,12-18,20,22-24,26,28-61H2,1-2H3,(H,66,69)/b11-9-,21-19-,27-25-. The Morgan fingerprint density at radius 2 is 0.718 bits per heavy atom. The number of hydrogen-bond acceptors (Lipinski definition) is 5. The number of aliphatic hydroxyl groups excluding tert-OH is 2. The molecule has 0 aliphatic heterocycles. The first-order valence-electron chi connectivity index (χ1n) is 31.7. The summed E-state index contributed by atoms with van der Waals surface area (Å²) in [6.45, 7) is 4.91. The molecular formula is C65H123NO5. The molecule has 0 radical (unpaired) electrons. The summed E-state index contributed by atoms with van der Waals surface area (Å²) >= 11 is 0. The summed E-state index contributed by atoms with van der Waals surface area (Å²) in [7, 11) is 0. The van der Waals surface area contributed by atoms with E-state index < -0.39 is 12.1 Å². The number of nitrogens with one attached hydrogen (secondary N) is 1. The number of carbonyl (C=O) groups is 2. The first kappa shape index (κ1) is 69.1. The van der Waals surface area contributed by atoms with Crippen LogP contribution in [0.25, 0.3) is 0 Å². The molecule has 71 heavy (non-hydrogen) atoms. The molecular weight excluding hydrogens is 875 g/mol. The van der Waals surface area contributed by atoms with Crippen molar-refractivity contribution in [2.45, 2.75) is 353 Å². The summed E-state index contributed by atoms with van der Waals surface area (Å²) in [5.74, 6) is -0.0310. The molecule has 6 nitrogen and oxygen atoms in total. The fourth-order valence-electron chi connectivity index (χ4n) is 9.77. The van der Waals surface area contributed by atoms with Gasteiger partial charge in [-0.3, -0.25) is 9.59 Å². The van der Waals surface area contributed by atoms with Crippen molar-refractivity contribution >= 4 is 11.9 Å². The van der Waals surface area contributed by atoms with Gasteiger partial charge in [-0.2, -0.15) is 0 Å². The predicted molar refractivity (Wildman–Crippen MR) is 310 cm³/mol. The molecule has 0 aliphatic rings. The summed E-state index contributed by atoms with van der Waals surface area (Å²) in [5, 5.41) is 23.2. The third-order valence-electron chi connectivity index (χ3n) is 14.7. The quantitative estimate of drug-likeness (QED) is 0.0321. The molecule has 0 spiro atoms. The van der Waals surface area contributed by atoms with Crippen LogP contribution in [-0.2, 0) is 14.3 Å². The van der Waals surface area contributed by atoms with Crippen molar-refractivity contribution in [1.29, 1.82) is 0 Å². The maximum absolute atomic E-state index is 12.4. The van der Waals surface area contributed by atoms with Gasteiger partial charge in [-0.15, -0.1) is 0 Å². The van der Waals surface area contributed by atoms with Gasteiger partial charge >= 0.3 is 5.97 Å². The molecule has 0 aromatic rings. The van der Waals surface area contributed by atoms with Crippen LogP contribution in [0.2, 0.25) is 0 Å². The van der Waals surface area contributed by atoms with E-state index in [1.807, 2.05) is 0 Å². The summed E-state index contributed by atoms with van der Waals surface area (Å²) in [6, 6.07) is -0.538. The summed E-state index contributed by atoms with van der Waals surface area (Å²) in [6.07, 6.45) is 76.1. The molecule has 0 fully saturated rings. The molecule has 418 valence electrons. The molecule has 0 saturated carbocycles. The molecule has 1 amide bonds. The lowest BCUT2D eigenvalue weighted by Gasteiger charge is -2.22. The van der Waals surface area contributed by atoms with Crippen LogP contribution in [0.1, 0.15) is 341 Å². The Morgan fingerprint density at radius 1 is 0.394 bits per heavy atom. The zero-order valence-corrected chi connectivity index (χ0v) is 47.7. The number of unbranched alkanes of at least 4 members (excludes halogenated alkanes) is 42. The molecule has 0 bridgehead atoms. The maximum Gasteiger partial charge on any atom is 0.305 e. The Morgan fingerprint density at radius 3 is 1.13 bits per heavy atom. The second-order valence-corrected chi connectivity index (χ2v) is 21.7. The minimum atomic E-state index is -0.661. The molecule has 0 saturated heterocycles. The van der Waals surface area contributed by atoms with Crippen molar-refractivity contribution in [2.24, 2.45) is 0 Å². The average Bonchev–Trinajstić information content (AvgIpc) is 3.37. The van der Waals surface area contributed by atoms with E-state index in [2.05, 4.69) is 55.6 Å². The molecule has 2 unspecified atom stereocenters. The Labute approximate surface area is 443 Å². The molecule has 2 atom stereocenters. The highest BCUT2D eigenvalue weighted by molar-refractivity contribution is 5.76. The second-order valence-electron chi connectivity index (χ2n) is 21.7. The van der Waals surface area contributed by atoms with Crippen LogP contribution in [0.3, 0.4) is 0 Å². The number of rotatable bonds is 59. The van der Waals surface area contributed by atoms with Gasteiger partial charge in [-0.05, 0) is 77.0 Å². The highest BCUT2D eigenvalue weighted by Crippen LogP contribution is 2.17. The molecule has 6 heteroatoms. The van der Waals surface area contributed by atoms with Gasteiger partial charge in [-0.25, -0.2) is 0 Å². The summed E-state index contributed by atoms with van der Waals surface area (Å²) in [5.41, 5.74) is 0. The predicted octanol–water partition coefficient (Wildman–Crippen LogP) is 20.0. The summed E-state index contributed by atoms with van der Waals surface area (Å²) < 4.78 is 5.46. The molecule has 3 N–H and O–H groups in total. The molecule has 0 aromatic carbocycles. The second kappa shape index (κ2) is 60.6. The van der Waals surface area contributed by atoms with Gasteiger partial charge in [0.05, 0.1) is 25.4 Å². The molecule has 0 rings (SSSR count). The van der Waals surface area contributed by atoms with Crippen LogP contribution in [0.15, 0.2) is 36.5 Å². The number of allylic oxidation sites excluding steroid dienone is 6. The molecule has 0 aliphatic carbocycles. The van der Waals surface area contributed by atoms with E-state index in [9.17, 15) is 19.8 Å². The normalized spacial score (nSPS) is 12.8. The van der Waals surface area contributed by atoms with Crippen LogP contribution in [0.4, 0.5) is 0 Å². The van der Waals surface area contributed by atoms with Crippen molar-refractivity contribution in [3.8, 4) is 0 Å². The van der Waals surface area contributed by atoms with Crippen molar-refractivity contribution in [2.75, 3.05) is 13.2 Å². The van der Waals surface area contributed by atoms with Crippen molar-refractivity contribution in [1.82, 2.24) is 5.32 Å². The lowest BCUT2D eigenvalue weighted by atomic mass is 10.0. The Kier molecular flexibility index (Phi) is 59.0. The van der Waals surface area contributed by atoms with E-state index in [1.165, 1.54) is 257 Å². The van der Waals surface area contributed by atoms with Gasteiger partial charge in [0, 0.05) is 12.8 Å². The van der Waals surface area contributed by atoms with E-state index in [0.29, 0.717) is 25.9 Å². The molecule has 0 heterocycles. The lowest BCUT2D eigenvalue weighted by molar-refractivity contribution is -0.143. The van der Waals surface area contributed by atoms with Gasteiger partial charge < -0.3 is 20.3 Å². The van der Waals surface area contributed by atoms with Gasteiger partial charge in [0.2, 0.25) is 5.91 Å². The number of carbonyl (C=O) groups excluding carboxylic acids is 2. The van der Waals surface area contributed by atoms with E-state index >= 15 is 0 Å². The van der Waals surface area contributed by atoms with Crippen LogP contribution in [-0.4, -0.2) is 47.4 Å². The van der Waals surface area contributed by atoms with Gasteiger partial charge in [0.15, 0.2) is 0 Å². The zero-order valence-electron chi connectivity index (χ0n) is 47.7. The fourth-order valence-corrected chi connectivity index (χ4v) is 9.77. The van der Waals surface area contributed by atoms with Gasteiger partial charge in [0.1, 0.15) is 0 Å². The van der Waals surface area contributed by atoms with Crippen LogP contribution in [0.5, 0.6) is 0 Å². The number of amides is 1. The van der Waals surface area contributed by atoms with E-state index in [-0.39, 0.29) is 18.5 Å². The number of ether oxygens (including phenoxy) is 1. The Bertz CT molecular complexity index is 1150. The third-order valence-corrected chi connectivity index (χ3v) is 14.7. The smallest absolute Gasteiger partial charge is 0.305 e. The molecule has 0 aromatic heterocycles. The van der Waals surface area contributed by atoms with E-state index in [4.69, 9.17) is 4.74 Å². The highest BCUT2D eigenvalue weighted by Gasteiger charge is 2.20. The zero-order chi connectivity index (χ0) is 51.4.